The summed E-state index contributed by atoms with van der Waals surface area (Å²) in [5, 5.41) is 9.12. The first-order chi connectivity index (χ1) is 7.63. The predicted octanol–water partition coefficient (Wildman–Crippen LogP) is 2.80. The van der Waals surface area contributed by atoms with Gasteiger partial charge < -0.3 is 0 Å². The average molecular weight is 218 g/mol. The minimum absolute atomic E-state index is 0.0799. The third-order valence-corrected chi connectivity index (χ3v) is 5.52. The summed E-state index contributed by atoms with van der Waals surface area (Å²) in [5.74, 6) is 2.92. The summed E-state index contributed by atoms with van der Waals surface area (Å²) >= 11 is 0. The van der Waals surface area contributed by atoms with Gasteiger partial charge in [-0.05, 0) is 70.3 Å². The molecule has 0 spiro atoms. The van der Waals surface area contributed by atoms with Crippen molar-refractivity contribution in [3.05, 3.63) is 0 Å². The first-order valence-corrected chi connectivity index (χ1v) is 6.75. The highest BCUT2D eigenvalue weighted by molar-refractivity contribution is 5.09. The fourth-order valence-electron chi connectivity index (χ4n) is 4.99. The first-order valence-electron chi connectivity index (χ1n) is 6.75. The van der Waals surface area contributed by atoms with E-state index in [9.17, 15) is 0 Å². The van der Waals surface area contributed by atoms with Crippen molar-refractivity contribution in [3.63, 3.8) is 0 Å². The van der Waals surface area contributed by atoms with Crippen LogP contribution in [0.15, 0.2) is 0 Å². The van der Waals surface area contributed by atoms with E-state index >= 15 is 0 Å². The number of hydrogen-bond donors (Lipinski definition) is 0. The van der Waals surface area contributed by atoms with Gasteiger partial charge in [0.05, 0.1) is 12.1 Å². The van der Waals surface area contributed by atoms with Crippen molar-refractivity contribution in [3.8, 4) is 6.07 Å². The zero-order valence-electron chi connectivity index (χ0n) is 10.4. The van der Waals surface area contributed by atoms with Crippen LogP contribution in [0.4, 0.5) is 0 Å². The summed E-state index contributed by atoms with van der Waals surface area (Å²) < 4.78 is 0. The Bertz CT molecular complexity index is 293. The van der Waals surface area contributed by atoms with E-state index in [1.807, 2.05) is 0 Å². The van der Waals surface area contributed by atoms with Crippen LogP contribution in [-0.2, 0) is 0 Å². The SMILES string of the molecule is CC(C#N)N(C)C12CC3CC(CC(C3)C1)C2. The zero-order chi connectivity index (χ0) is 11.3. The van der Waals surface area contributed by atoms with Gasteiger partial charge in [0.2, 0.25) is 0 Å². The minimum Gasteiger partial charge on any atom is -0.286 e. The molecule has 2 nitrogen and oxygen atoms in total. The van der Waals surface area contributed by atoms with Crippen LogP contribution in [0.1, 0.15) is 45.4 Å². The van der Waals surface area contributed by atoms with Gasteiger partial charge in [-0.3, -0.25) is 4.90 Å². The van der Waals surface area contributed by atoms with Gasteiger partial charge in [-0.1, -0.05) is 0 Å². The second-order valence-electron chi connectivity index (χ2n) is 6.56. The Hall–Kier alpha value is -0.550. The summed E-state index contributed by atoms with van der Waals surface area (Å²) in [4.78, 5) is 2.40. The fourth-order valence-corrected chi connectivity index (χ4v) is 4.99. The molecule has 0 aromatic carbocycles. The molecule has 1 unspecified atom stereocenters. The molecule has 4 bridgehead atoms. The summed E-state index contributed by atoms with van der Waals surface area (Å²) in [7, 11) is 2.18. The van der Waals surface area contributed by atoms with Crippen LogP contribution >= 0.6 is 0 Å². The quantitative estimate of drug-likeness (QED) is 0.712. The van der Waals surface area contributed by atoms with Crippen molar-refractivity contribution in [2.75, 3.05) is 7.05 Å². The summed E-state index contributed by atoms with van der Waals surface area (Å²) in [6.07, 6.45) is 8.53. The van der Waals surface area contributed by atoms with Gasteiger partial charge in [-0.15, -0.1) is 0 Å². The Morgan fingerprint density at radius 3 is 1.94 bits per heavy atom. The van der Waals surface area contributed by atoms with E-state index in [0.29, 0.717) is 5.54 Å². The molecule has 0 aliphatic heterocycles. The maximum absolute atomic E-state index is 9.12. The van der Waals surface area contributed by atoms with Gasteiger partial charge in [0.25, 0.3) is 0 Å². The molecule has 0 N–H and O–H groups in total. The van der Waals surface area contributed by atoms with Gasteiger partial charge in [-0.25, -0.2) is 0 Å². The van der Waals surface area contributed by atoms with Crippen molar-refractivity contribution < 1.29 is 0 Å². The van der Waals surface area contributed by atoms with E-state index in [1.54, 1.807) is 0 Å². The highest BCUT2D eigenvalue weighted by atomic mass is 15.2. The van der Waals surface area contributed by atoms with Crippen LogP contribution in [0.25, 0.3) is 0 Å². The van der Waals surface area contributed by atoms with Crippen LogP contribution in [-0.4, -0.2) is 23.5 Å². The molecule has 4 aliphatic carbocycles. The van der Waals surface area contributed by atoms with Gasteiger partial charge >= 0.3 is 0 Å². The lowest BCUT2D eigenvalue weighted by atomic mass is 9.52. The first kappa shape index (κ1) is 10.6. The lowest BCUT2D eigenvalue weighted by Crippen LogP contribution is -2.60. The molecule has 1 atom stereocenters. The molecule has 4 fully saturated rings. The van der Waals surface area contributed by atoms with Crippen molar-refractivity contribution in [1.29, 1.82) is 5.26 Å². The van der Waals surface area contributed by atoms with Gasteiger partial charge in [-0.2, -0.15) is 5.26 Å². The topological polar surface area (TPSA) is 27.0 Å². The van der Waals surface area contributed by atoms with Crippen molar-refractivity contribution in [2.24, 2.45) is 17.8 Å². The van der Waals surface area contributed by atoms with Gasteiger partial charge in [0, 0.05) is 5.54 Å². The fraction of sp³-hybridized carbons (Fsp3) is 0.929. The van der Waals surface area contributed by atoms with Gasteiger partial charge in [0.15, 0.2) is 0 Å². The van der Waals surface area contributed by atoms with Crippen LogP contribution in [0.3, 0.4) is 0 Å². The Morgan fingerprint density at radius 2 is 1.56 bits per heavy atom. The standard InChI is InChI=1S/C14H22N2/c1-10(9-15)16(2)14-6-11-3-12(7-14)5-13(4-11)8-14/h10-13H,3-8H2,1-2H3. The Kier molecular flexibility index (Phi) is 2.30. The van der Waals surface area contributed by atoms with Crippen molar-refractivity contribution in [1.82, 2.24) is 4.90 Å². The van der Waals surface area contributed by atoms with Crippen molar-refractivity contribution >= 4 is 0 Å². The lowest BCUT2D eigenvalue weighted by molar-refractivity contribution is -0.0849. The molecule has 2 heteroatoms. The maximum atomic E-state index is 9.12. The Morgan fingerprint density at radius 1 is 1.12 bits per heavy atom. The van der Waals surface area contributed by atoms with Crippen LogP contribution in [0.2, 0.25) is 0 Å². The number of nitrogens with zero attached hydrogens (tertiary/aromatic N) is 2. The molecule has 0 aromatic heterocycles. The second-order valence-corrected chi connectivity index (χ2v) is 6.56. The Balaban J connectivity index is 1.86. The zero-order valence-corrected chi connectivity index (χ0v) is 10.4. The monoisotopic (exact) mass is 218 g/mol. The molecule has 16 heavy (non-hydrogen) atoms. The maximum Gasteiger partial charge on any atom is 0.0951 e. The number of rotatable bonds is 2. The number of hydrogen-bond acceptors (Lipinski definition) is 2. The third-order valence-electron chi connectivity index (χ3n) is 5.52. The summed E-state index contributed by atoms with van der Waals surface area (Å²) in [5.41, 5.74) is 0.393. The molecular formula is C14H22N2. The molecule has 0 saturated heterocycles. The lowest BCUT2D eigenvalue weighted by Gasteiger charge is -2.60. The van der Waals surface area contributed by atoms with Gasteiger partial charge in [0.1, 0.15) is 0 Å². The van der Waals surface area contributed by atoms with E-state index in [0.717, 1.165) is 17.8 Å². The Labute approximate surface area is 98.6 Å². The normalized spacial score (nSPS) is 47.0. The highest BCUT2D eigenvalue weighted by Gasteiger charge is 2.53. The molecule has 88 valence electrons. The third kappa shape index (κ3) is 1.41. The minimum atomic E-state index is 0.0799. The summed E-state index contributed by atoms with van der Waals surface area (Å²) in [6.45, 7) is 2.05. The highest BCUT2D eigenvalue weighted by Crippen LogP contribution is 2.57. The molecule has 0 heterocycles. The molecular weight excluding hydrogens is 196 g/mol. The van der Waals surface area contributed by atoms with E-state index in [4.69, 9.17) is 5.26 Å². The van der Waals surface area contributed by atoms with E-state index in [1.165, 1.54) is 38.5 Å². The predicted molar refractivity (Wildman–Crippen MR) is 63.7 cm³/mol. The number of nitriles is 1. The van der Waals surface area contributed by atoms with E-state index in [-0.39, 0.29) is 6.04 Å². The van der Waals surface area contributed by atoms with E-state index < -0.39 is 0 Å². The van der Waals surface area contributed by atoms with Crippen LogP contribution in [0, 0.1) is 29.1 Å². The molecule has 4 aliphatic rings. The average Bonchev–Trinajstić information content (AvgIpc) is 2.25. The molecule has 4 rings (SSSR count). The van der Waals surface area contributed by atoms with Crippen LogP contribution in [0.5, 0.6) is 0 Å². The van der Waals surface area contributed by atoms with Crippen LogP contribution < -0.4 is 0 Å². The largest absolute Gasteiger partial charge is 0.286 e. The summed E-state index contributed by atoms with van der Waals surface area (Å²) in [6, 6.07) is 2.50. The molecule has 0 amide bonds. The molecule has 0 radical (unpaired) electrons. The van der Waals surface area contributed by atoms with Crippen molar-refractivity contribution in [2.45, 2.75) is 57.0 Å². The molecule has 0 aromatic rings. The molecule has 4 saturated carbocycles. The second kappa shape index (κ2) is 3.47. The van der Waals surface area contributed by atoms with E-state index in [2.05, 4.69) is 24.9 Å². The smallest absolute Gasteiger partial charge is 0.0951 e.